The van der Waals surface area contributed by atoms with Crippen LogP contribution in [-0.2, 0) is 4.74 Å². The van der Waals surface area contributed by atoms with Crippen LogP contribution in [0.1, 0.15) is 12.8 Å². The summed E-state index contributed by atoms with van der Waals surface area (Å²) < 4.78 is 16.2. The van der Waals surface area contributed by atoms with Crippen LogP contribution >= 0.6 is 0 Å². The van der Waals surface area contributed by atoms with Crippen molar-refractivity contribution < 1.29 is 14.2 Å². The van der Waals surface area contributed by atoms with Crippen LogP contribution < -0.4 is 14.8 Å². The highest BCUT2D eigenvalue weighted by Gasteiger charge is 2.20. The fourth-order valence-electron chi connectivity index (χ4n) is 2.07. The summed E-state index contributed by atoms with van der Waals surface area (Å²) >= 11 is 0. The minimum Gasteiger partial charge on any atom is -0.494 e. The molecule has 4 nitrogen and oxygen atoms in total. The molecule has 1 aliphatic rings. The summed E-state index contributed by atoms with van der Waals surface area (Å²) in [5.74, 6) is 1.46. The van der Waals surface area contributed by atoms with Crippen molar-refractivity contribution in [2.45, 2.75) is 18.9 Å². The lowest BCUT2D eigenvalue weighted by atomic mass is 10.2. The molecule has 1 fully saturated rings. The fraction of sp³-hybridized carbons (Fsp3) is 0.429. The third kappa shape index (κ3) is 2.59. The molecule has 1 N–H and O–H groups in total. The second-order valence-corrected chi connectivity index (χ2v) is 4.19. The van der Waals surface area contributed by atoms with E-state index in [9.17, 15) is 0 Å². The lowest BCUT2D eigenvalue weighted by Gasteiger charge is -2.19. The smallest absolute Gasteiger partial charge is 0.146 e. The van der Waals surface area contributed by atoms with Crippen LogP contribution in [0.25, 0.3) is 0 Å². The van der Waals surface area contributed by atoms with Gasteiger partial charge in [-0.05, 0) is 25.0 Å². The molecule has 1 heterocycles. The van der Waals surface area contributed by atoms with Crippen molar-refractivity contribution in [2.75, 3.05) is 26.1 Å². The number of methoxy groups -OCH3 is 2. The van der Waals surface area contributed by atoms with Crippen LogP contribution in [-0.4, -0.2) is 26.9 Å². The van der Waals surface area contributed by atoms with Crippen molar-refractivity contribution in [3.63, 3.8) is 0 Å². The van der Waals surface area contributed by atoms with Gasteiger partial charge in [0.25, 0.3) is 0 Å². The molecule has 4 heteroatoms. The van der Waals surface area contributed by atoms with Gasteiger partial charge in [-0.25, -0.2) is 0 Å². The van der Waals surface area contributed by atoms with Crippen LogP contribution in [0, 0.1) is 0 Å². The number of anilines is 1. The van der Waals surface area contributed by atoms with Crippen LogP contribution in [0.5, 0.6) is 11.5 Å². The maximum atomic E-state index is 5.59. The van der Waals surface area contributed by atoms with E-state index in [-0.39, 0.29) is 6.10 Å². The molecule has 0 unspecified atom stereocenters. The van der Waals surface area contributed by atoms with Gasteiger partial charge in [0.05, 0.1) is 20.3 Å². The van der Waals surface area contributed by atoms with Gasteiger partial charge in [-0.15, -0.1) is 0 Å². The molecule has 0 amide bonds. The predicted molar refractivity (Wildman–Crippen MR) is 71.3 cm³/mol. The van der Waals surface area contributed by atoms with E-state index in [1.54, 1.807) is 14.2 Å². The summed E-state index contributed by atoms with van der Waals surface area (Å²) in [6.45, 7) is 4.84. The zero-order valence-corrected chi connectivity index (χ0v) is 10.9. The summed E-state index contributed by atoms with van der Waals surface area (Å²) in [5, 5.41) is 3.25. The lowest BCUT2D eigenvalue weighted by Crippen LogP contribution is -2.15. The number of ether oxygens (including phenoxy) is 3. The first-order valence-electron chi connectivity index (χ1n) is 6.04. The molecule has 2 rings (SSSR count). The molecule has 0 radical (unpaired) electrons. The fourth-order valence-corrected chi connectivity index (χ4v) is 2.07. The number of rotatable bonds is 5. The van der Waals surface area contributed by atoms with E-state index in [2.05, 4.69) is 11.9 Å². The Morgan fingerprint density at radius 1 is 1.33 bits per heavy atom. The number of nitrogens with one attached hydrogen (secondary N) is 1. The Labute approximate surface area is 108 Å². The number of benzene rings is 1. The molecule has 1 aromatic rings. The Morgan fingerprint density at radius 3 is 2.50 bits per heavy atom. The molecule has 0 bridgehead atoms. The Hall–Kier alpha value is -1.68. The maximum Gasteiger partial charge on any atom is 0.146 e. The van der Waals surface area contributed by atoms with Gasteiger partial charge in [0.15, 0.2) is 0 Å². The molecule has 98 valence electrons. The van der Waals surface area contributed by atoms with Gasteiger partial charge in [-0.3, -0.25) is 0 Å². The Balaban J connectivity index is 2.18. The van der Waals surface area contributed by atoms with E-state index >= 15 is 0 Å². The van der Waals surface area contributed by atoms with Crippen molar-refractivity contribution in [1.29, 1.82) is 0 Å². The SMILES string of the molecule is C=C(Nc1c(OC)cccc1OC)[C@@H]1CCCO1. The summed E-state index contributed by atoms with van der Waals surface area (Å²) in [6.07, 6.45) is 2.15. The molecule has 1 aliphatic heterocycles. The monoisotopic (exact) mass is 249 g/mol. The first kappa shape index (κ1) is 12.8. The molecule has 0 saturated carbocycles. The van der Waals surface area contributed by atoms with Crippen LogP contribution in [0.3, 0.4) is 0 Å². The van der Waals surface area contributed by atoms with Crippen LogP contribution in [0.4, 0.5) is 5.69 Å². The minimum absolute atomic E-state index is 0.0691. The van der Waals surface area contributed by atoms with Gasteiger partial charge in [-0.2, -0.15) is 0 Å². The second kappa shape index (κ2) is 5.78. The van der Waals surface area contributed by atoms with Crippen LogP contribution in [0.15, 0.2) is 30.5 Å². The topological polar surface area (TPSA) is 39.7 Å². The highest BCUT2D eigenvalue weighted by Crippen LogP contribution is 2.36. The number of para-hydroxylation sites is 1. The van der Waals surface area contributed by atoms with Crippen molar-refractivity contribution in [3.8, 4) is 11.5 Å². The van der Waals surface area contributed by atoms with E-state index in [0.717, 1.165) is 42.3 Å². The van der Waals surface area contributed by atoms with Gasteiger partial charge in [0.1, 0.15) is 17.2 Å². The first-order valence-corrected chi connectivity index (χ1v) is 6.04. The highest BCUT2D eigenvalue weighted by atomic mass is 16.5. The quantitative estimate of drug-likeness (QED) is 0.871. The number of hydrogen-bond acceptors (Lipinski definition) is 4. The van der Waals surface area contributed by atoms with Gasteiger partial charge >= 0.3 is 0 Å². The summed E-state index contributed by atoms with van der Waals surface area (Å²) in [5.41, 5.74) is 1.64. The maximum absolute atomic E-state index is 5.59. The molecular weight excluding hydrogens is 230 g/mol. The summed E-state index contributed by atoms with van der Waals surface area (Å²) in [6, 6.07) is 5.65. The Kier molecular flexibility index (Phi) is 4.10. The van der Waals surface area contributed by atoms with Gasteiger partial charge in [0.2, 0.25) is 0 Å². The standard InChI is InChI=1S/C14H19NO3/c1-10(11-8-5-9-18-11)15-14-12(16-2)6-4-7-13(14)17-3/h4,6-7,11,15H,1,5,8-9H2,2-3H3/t11-/m0/s1. The average Bonchev–Trinajstić information content (AvgIpc) is 2.93. The Bertz CT molecular complexity index is 403. The zero-order chi connectivity index (χ0) is 13.0. The molecule has 1 atom stereocenters. The first-order chi connectivity index (χ1) is 8.76. The van der Waals surface area contributed by atoms with E-state index in [1.165, 1.54) is 0 Å². The third-order valence-electron chi connectivity index (χ3n) is 3.03. The van der Waals surface area contributed by atoms with Crippen molar-refractivity contribution >= 4 is 5.69 Å². The molecule has 0 aromatic heterocycles. The van der Waals surface area contributed by atoms with Crippen molar-refractivity contribution in [2.24, 2.45) is 0 Å². The molecule has 1 aromatic carbocycles. The van der Waals surface area contributed by atoms with E-state index in [0.29, 0.717) is 0 Å². The summed E-state index contributed by atoms with van der Waals surface area (Å²) in [4.78, 5) is 0. The van der Waals surface area contributed by atoms with Gasteiger partial charge in [-0.1, -0.05) is 12.6 Å². The largest absolute Gasteiger partial charge is 0.494 e. The summed E-state index contributed by atoms with van der Waals surface area (Å²) in [7, 11) is 3.27. The third-order valence-corrected chi connectivity index (χ3v) is 3.03. The van der Waals surface area contributed by atoms with E-state index in [4.69, 9.17) is 14.2 Å². The Morgan fingerprint density at radius 2 is 2.00 bits per heavy atom. The van der Waals surface area contributed by atoms with Gasteiger partial charge in [0, 0.05) is 12.3 Å². The second-order valence-electron chi connectivity index (χ2n) is 4.19. The molecular formula is C14H19NO3. The normalized spacial score (nSPS) is 18.4. The molecule has 18 heavy (non-hydrogen) atoms. The van der Waals surface area contributed by atoms with Crippen molar-refractivity contribution in [1.82, 2.24) is 0 Å². The van der Waals surface area contributed by atoms with E-state index in [1.807, 2.05) is 18.2 Å². The minimum atomic E-state index is 0.0691. The number of hydrogen-bond donors (Lipinski definition) is 1. The molecule has 1 saturated heterocycles. The zero-order valence-electron chi connectivity index (χ0n) is 10.9. The average molecular weight is 249 g/mol. The van der Waals surface area contributed by atoms with Crippen LogP contribution in [0.2, 0.25) is 0 Å². The highest BCUT2D eigenvalue weighted by molar-refractivity contribution is 5.68. The van der Waals surface area contributed by atoms with E-state index < -0.39 is 0 Å². The van der Waals surface area contributed by atoms with Crippen molar-refractivity contribution in [3.05, 3.63) is 30.5 Å². The lowest BCUT2D eigenvalue weighted by molar-refractivity contribution is 0.138. The predicted octanol–water partition coefficient (Wildman–Crippen LogP) is 2.81. The molecule has 0 aliphatic carbocycles. The van der Waals surface area contributed by atoms with Gasteiger partial charge < -0.3 is 19.5 Å². The molecule has 0 spiro atoms.